The summed E-state index contributed by atoms with van der Waals surface area (Å²) in [4.78, 5) is 24.4. The first kappa shape index (κ1) is 17.5. The summed E-state index contributed by atoms with van der Waals surface area (Å²) in [5, 5.41) is 12.5. The molecular weight excluding hydrogens is 291 g/mol. The third-order valence-electron chi connectivity index (χ3n) is 3.63. The molecule has 0 saturated carbocycles. The maximum absolute atomic E-state index is 12.7. The van der Waals surface area contributed by atoms with Crippen molar-refractivity contribution in [3.63, 3.8) is 0 Å². The van der Waals surface area contributed by atoms with Gasteiger partial charge in [-0.25, -0.2) is 9.59 Å². The van der Waals surface area contributed by atoms with Crippen LogP contribution in [0.4, 0.5) is 18.0 Å². The first-order chi connectivity index (χ1) is 9.56. The lowest BCUT2D eigenvalue weighted by atomic mass is 9.98. The maximum Gasteiger partial charge on any atom is 0.422 e. The van der Waals surface area contributed by atoms with Gasteiger partial charge in [0.2, 0.25) is 5.54 Å². The molecule has 2 amide bonds. The molecule has 0 bridgehead atoms. The maximum atomic E-state index is 12.7. The Labute approximate surface area is 120 Å². The Morgan fingerprint density at radius 3 is 2.48 bits per heavy atom. The third-order valence-corrected chi connectivity index (χ3v) is 3.63. The Morgan fingerprint density at radius 2 is 2.00 bits per heavy atom. The van der Waals surface area contributed by atoms with Crippen LogP contribution in [0.15, 0.2) is 0 Å². The molecule has 122 valence electrons. The first-order valence-corrected chi connectivity index (χ1v) is 6.61. The number of carbonyl (C=O) groups excluding carboxylic acids is 1. The molecule has 21 heavy (non-hydrogen) atoms. The Balaban J connectivity index is 2.53. The van der Waals surface area contributed by atoms with Crippen LogP contribution in [0.3, 0.4) is 0 Å². The van der Waals surface area contributed by atoms with Gasteiger partial charge >= 0.3 is 18.2 Å². The van der Waals surface area contributed by atoms with E-state index in [1.807, 2.05) is 7.05 Å². The van der Waals surface area contributed by atoms with Gasteiger partial charge in [0.1, 0.15) is 0 Å². The predicted molar refractivity (Wildman–Crippen MR) is 68.9 cm³/mol. The second kappa shape index (κ2) is 6.50. The molecular formula is C12H20F3N3O3. The number of rotatable bonds is 4. The minimum Gasteiger partial charge on any atom is -0.479 e. The van der Waals surface area contributed by atoms with Crippen LogP contribution in [0.1, 0.15) is 19.8 Å². The molecule has 6 nitrogen and oxygen atoms in total. The second-order valence-electron chi connectivity index (χ2n) is 5.53. The number of carboxylic acid groups (broad SMARTS) is 1. The number of carbonyl (C=O) groups is 2. The van der Waals surface area contributed by atoms with Crippen LogP contribution in [0.25, 0.3) is 0 Å². The molecule has 1 fully saturated rings. The number of urea groups is 1. The Bertz CT molecular complexity index is 403. The van der Waals surface area contributed by atoms with Crippen molar-refractivity contribution in [2.45, 2.75) is 31.5 Å². The van der Waals surface area contributed by atoms with E-state index in [0.717, 1.165) is 25.9 Å². The molecule has 2 atom stereocenters. The molecule has 1 aliphatic rings. The Kier molecular flexibility index (Phi) is 5.43. The number of aliphatic carboxylic acids is 1. The van der Waals surface area contributed by atoms with Crippen molar-refractivity contribution in [2.75, 3.05) is 26.7 Å². The van der Waals surface area contributed by atoms with Crippen LogP contribution in [-0.2, 0) is 4.79 Å². The highest BCUT2D eigenvalue weighted by Gasteiger charge is 2.58. The zero-order valence-corrected chi connectivity index (χ0v) is 12.0. The van der Waals surface area contributed by atoms with E-state index in [2.05, 4.69) is 10.2 Å². The minimum absolute atomic E-state index is 0.150. The van der Waals surface area contributed by atoms with Crippen molar-refractivity contribution in [3.8, 4) is 0 Å². The van der Waals surface area contributed by atoms with Gasteiger partial charge in [0, 0.05) is 13.1 Å². The molecule has 1 heterocycles. The van der Waals surface area contributed by atoms with Crippen LogP contribution in [-0.4, -0.2) is 60.4 Å². The van der Waals surface area contributed by atoms with Gasteiger partial charge in [-0.1, -0.05) is 0 Å². The van der Waals surface area contributed by atoms with E-state index >= 15 is 0 Å². The molecule has 3 N–H and O–H groups in total. The molecule has 1 aliphatic heterocycles. The average Bonchev–Trinajstić information content (AvgIpc) is 2.34. The van der Waals surface area contributed by atoms with E-state index in [0.29, 0.717) is 6.92 Å². The molecule has 0 aromatic rings. The highest BCUT2D eigenvalue weighted by Crippen LogP contribution is 2.30. The first-order valence-electron chi connectivity index (χ1n) is 6.61. The monoisotopic (exact) mass is 311 g/mol. The van der Waals surface area contributed by atoms with E-state index in [4.69, 9.17) is 5.11 Å². The van der Waals surface area contributed by atoms with Gasteiger partial charge in [-0.15, -0.1) is 0 Å². The lowest BCUT2D eigenvalue weighted by molar-refractivity contribution is -0.203. The third kappa shape index (κ3) is 4.48. The van der Waals surface area contributed by atoms with Gasteiger partial charge in [-0.3, -0.25) is 0 Å². The van der Waals surface area contributed by atoms with Crippen molar-refractivity contribution in [1.82, 2.24) is 15.5 Å². The topological polar surface area (TPSA) is 81.7 Å². The molecule has 0 aromatic carbocycles. The van der Waals surface area contributed by atoms with E-state index in [1.165, 1.54) is 5.32 Å². The molecule has 0 radical (unpaired) electrons. The zero-order valence-electron chi connectivity index (χ0n) is 12.0. The number of likely N-dealkylation sites (tertiary alicyclic amines) is 1. The lowest BCUT2D eigenvalue weighted by Crippen LogP contribution is -2.63. The standard InChI is InChI=1S/C12H20F3N3O3/c1-11(9(19)20,12(13,14)15)17-10(21)16-6-8-4-3-5-18(2)7-8/h8H,3-7H2,1-2H3,(H,19,20)(H2,16,17,21). The van der Waals surface area contributed by atoms with Gasteiger partial charge in [0.15, 0.2) is 0 Å². The van der Waals surface area contributed by atoms with E-state index in [9.17, 15) is 22.8 Å². The van der Waals surface area contributed by atoms with Crippen LogP contribution >= 0.6 is 0 Å². The van der Waals surface area contributed by atoms with Crippen molar-refractivity contribution >= 4 is 12.0 Å². The second-order valence-corrected chi connectivity index (χ2v) is 5.53. The fraction of sp³-hybridized carbons (Fsp3) is 0.833. The summed E-state index contributed by atoms with van der Waals surface area (Å²) in [6, 6.07) is -1.13. The molecule has 9 heteroatoms. The Morgan fingerprint density at radius 1 is 1.38 bits per heavy atom. The molecule has 1 saturated heterocycles. The van der Waals surface area contributed by atoms with E-state index in [1.54, 1.807) is 0 Å². The summed E-state index contributed by atoms with van der Waals surface area (Å²) in [7, 11) is 1.93. The summed E-state index contributed by atoms with van der Waals surface area (Å²) < 4.78 is 38.2. The smallest absolute Gasteiger partial charge is 0.422 e. The fourth-order valence-electron chi connectivity index (χ4n) is 2.19. The molecule has 0 aliphatic carbocycles. The number of alkyl halides is 3. The van der Waals surface area contributed by atoms with Crippen molar-refractivity contribution in [1.29, 1.82) is 0 Å². The summed E-state index contributed by atoms with van der Waals surface area (Å²) in [5.74, 6) is -2.00. The predicted octanol–water partition coefficient (Wildman–Crippen LogP) is 1.03. The lowest BCUT2D eigenvalue weighted by Gasteiger charge is -2.31. The van der Waals surface area contributed by atoms with Crippen LogP contribution in [0.5, 0.6) is 0 Å². The number of piperidine rings is 1. The number of nitrogens with zero attached hydrogens (tertiary/aromatic N) is 1. The van der Waals surface area contributed by atoms with Gasteiger partial charge in [-0.05, 0) is 39.3 Å². The molecule has 0 spiro atoms. The van der Waals surface area contributed by atoms with Crippen molar-refractivity contribution in [3.05, 3.63) is 0 Å². The average molecular weight is 311 g/mol. The van der Waals surface area contributed by atoms with Gasteiger partial charge in [0.05, 0.1) is 0 Å². The number of carboxylic acids is 1. The van der Waals surface area contributed by atoms with Gasteiger partial charge < -0.3 is 20.6 Å². The summed E-state index contributed by atoms with van der Waals surface area (Å²) >= 11 is 0. The summed E-state index contributed by atoms with van der Waals surface area (Å²) in [6.07, 6.45) is -3.25. The number of hydrogen-bond acceptors (Lipinski definition) is 3. The summed E-state index contributed by atoms with van der Waals surface area (Å²) in [5.41, 5.74) is -3.31. The number of halogens is 3. The largest absolute Gasteiger partial charge is 0.479 e. The zero-order chi connectivity index (χ0) is 16.3. The summed E-state index contributed by atoms with van der Waals surface area (Å²) in [6.45, 7) is 2.33. The Hall–Kier alpha value is -1.51. The van der Waals surface area contributed by atoms with E-state index in [-0.39, 0.29) is 12.5 Å². The molecule has 2 unspecified atom stereocenters. The number of nitrogens with one attached hydrogen (secondary N) is 2. The number of hydrogen-bond donors (Lipinski definition) is 3. The van der Waals surface area contributed by atoms with Crippen LogP contribution in [0, 0.1) is 5.92 Å². The van der Waals surface area contributed by atoms with Gasteiger partial charge in [-0.2, -0.15) is 13.2 Å². The van der Waals surface area contributed by atoms with Crippen LogP contribution < -0.4 is 10.6 Å². The fourth-order valence-corrected chi connectivity index (χ4v) is 2.19. The SMILES string of the molecule is CN1CCCC(CNC(=O)NC(C)(C(=O)O)C(F)(F)F)C1. The van der Waals surface area contributed by atoms with Crippen LogP contribution in [0.2, 0.25) is 0 Å². The van der Waals surface area contributed by atoms with E-state index < -0.39 is 23.7 Å². The quantitative estimate of drug-likeness (QED) is 0.724. The van der Waals surface area contributed by atoms with Gasteiger partial charge in [0.25, 0.3) is 0 Å². The number of amides is 2. The molecule has 1 rings (SSSR count). The van der Waals surface area contributed by atoms with Crippen molar-refractivity contribution < 1.29 is 27.9 Å². The highest BCUT2D eigenvalue weighted by atomic mass is 19.4. The molecule has 0 aromatic heterocycles. The normalized spacial score (nSPS) is 23.2. The van der Waals surface area contributed by atoms with Crippen molar-refractivity contribution in [2.24, 2.45) is 5.92 Å². The highest BCUT2D eigenvalue weighted by molar-refractivity contribution is 5.86. The minimum atomic E-state index is -5.08.